The summed E-state index contributed by atoms with van der Waals surface area (Å²) in [6.45, 7) is 10.5. The average molecular weight is 307 g/mol. The summed E-state index contributed by atoms with van der Waals surface area (Å²) in [5.41, 5.74) is 0. The molecule has 0 N–H and O–H groups in total. The van der Waals surface area contributed by atoms with E-state index in [4.69, 9.17) is 0 Å². The van der Waals surface area contributed by atoms with Crippen LogP contribution < -0.4 is 0 Å². The van der Waals surface area contributed by atoms with Gasteiger partial charge >= 0.3 is 36.3 Å². The quantitative estimate of drug-likeness (QED) is 0.367. The van der Waals surface area contributed by atoms with E-state index < -0.39 is 0 Å². The smallest absolute Gasteiger partial charge is 0.0927 e. The molecule has 0 aliphatic carbocycles. The van der Waals surface area contributed by atoms with Crippen LogP contribution in [0.5, 0.6) is 0 Å². The van der Waals surface area contributed by atoms with E-state index in [0.29, 0.717) is 0 Å². The summed E-state index contributed by atoms with van der Waals surface area (Å²) < 4.78 is 0. The van der Waals surface area contributed by atoms with Crippen molar-refractivity contribution in [2.24, 2.45) is 0 Å². The second-order valence-corrected chi connectivity index (χ2v) is 0.500. The van der Waals surface area contributed by atoms with Gasteiger partial charge in [-0.1, -0.05) is 6.92 Å². The molecule has 52 valence electrons. The zero-order chi connectivity index (χ0) is 6.71. The second-order valence-electron chi connectivity index (χ2n) is 0.500. The van der Waals surface area contributed by atoms with Crippen LogP contribution in [0.25, 0.3) is 0 Å². The van der Waals surface area contributed by atoms with Crippen molar-refractivity contribution in [1.82, 2.24) is 0 Å². The molecule has 0 aromatic rings. The Kier molecular flexibility index (Phi) is 116. The summed E-state index contributed by atoms with van der Waals surface area (Å²) >= 11 is 4.88. The molecule has 0 radical (unpaired) electrons. The van der Waals surface area contributed by atoms with Gasteiger partial charge in [-0.3, -0.25) is 0 Å². The summed E-state index contributed by atoms with van der Waals surface area (Å²) in [5.74, 6) is 0. The molecule has 0 aliphatic heterocycles. The largest absolute Gasteiger partial charge is 0.346 e. The van der Waals surface area contributed by atoms with Gasteiger partial charge in [-0.2, -0.15) is 13.3 Å². The van der Waals surface area contributed by atoms with Crippen LogP contribution in [-0.4, -0.2) is 0 Å². The molecule has 2 heteroatoms. The van der Waals surface area contributed by atoms with E-state index in [-0.39, 0.29) is 0 Å². The van der Waals surface area contributed by atoms with Gasteiger partial charge in [0.2, 0.25) is 0 Å². The summed E-state index contributed by atoms with van der Waals surface area (Å²) in [5, 5.41) is 0. The fourth-order valence-electron chi connectivity index (χ4n) is 0. The van der Waals surface area contributed by atoms with E-state index >= 15 is 0 Å². The summed E-state index contributed by atoms with van der Waals surface area (Å²) in [6.07, 6.45) is 1.00. The van der Waals surface area contributed by atoms with E-state index in [1.165, 1.54) is 0 Å². The molecule has 0 saturated carbocycles. The molecule has 0 aromatic carbocycles. The van der Waals surface area contributed by atoms with Gasteiger partial charge in [-0.25, -0.2) is 0 Å². The molecule has 0 nitrogen and oxygen atoms in total. The van der Waals surface area contributed by atoms with Crippen LogP contribution in [0.15, 0.2) is 0 Å². The molecule has 0 rings (SSSR count). The fraction of sp³-hybridized carbons (Fsp3) is 0.600. The van der Waals surface area contributed by atoms with Crippen LogP contribution in [0.3, 0.4) is 0 Å². The van der Waals surface area contributed by atoms with Gasteiger partial charge < -0.3 is 13.8 Å². The minimum absolute atomic E-state index is 1.00. The maximum absolute atomic E-state index is 3.49. The first-order valence-electron chi connectivity index (χ1n) is 2.03. The molecule has 0 bridgehead atoms. The topological polar surface area (TPSA) is 0 Å². The van der Waals surface area contributed by atoms with Crippen molar-refractivity contribution in [3.63, 3.8) is 0 Å². The third-order valence-corrected chi connectivity index (χ3v) is 0. The number of hydrogen-bond donors (Lipinski definition) is 0. The van der Waals surface area contributed by atoms with E-state index in [9.17, 15) is 0 Å². The van der Waals surface area contributed by atoms with Crippen molar-refractivity contribution in [2.75, 3.05) is 0 Å². The number of hydrogen-bond acceptors (Lipinski definition) is 0. The summed E-state index contributed by atoms with van der Waals surface area (Å²) in [6, 6.07) is 0. The molecule has 7 heavy (non-hydrogen) atoms. The van der Waals surface area contributed by atoms with Crippen LogP contribution in [0, 0.1) is 13.8 Å². The van der Waals surface area contributed by atoms with Gasteiger partial charge in [-0.05, 0) is 0 Å². The Morgan fingerprint density at radius 2 is 1.43 bits per heavy atom. The van der Waals surface area contributed by atoms with Gasteiger partial charge in [0.15, 0.2) is 0 Å². The van der Waals surface area contributed by atoms with Crippen molar-refractivity contribution in [3.05, 3.63) is 13.8 Å². The predicted molar refractivity (Wildman–Crippen MR) is 40.7 cm³/mol. The van der Waals surface area contributed by atoms with E-state index in [0.717, 1.165) is 6.42 Å². The molecule has 0 saturated heterocycles. The second kappa shape index (κ2) is 51.3. The Labute approximate surface area is 69.9 Å². The van der Waals surface area contributed by atoms with E-state index in [1.807, 2.05) is 25.9 Å². The molecular formula is C5H12AgI-2. The van der Waals surface area contributed by atoms with Crippen molar-refractivity contribution < 1.29 is 17.3 Å². The van der Waals surface area contributed by atoms with E-state index in [1.54, 1.807) is 6.92 Å². The van der Waals surface area contributed by atoms with Gasteiger partial charge in [-0.15, -0.1) is 0 Å². The molecular weight excluding hydrogens is 295 g/mol. The maximum Gasteiger partial charge on any atom is -0.0927 e. The Morgan fingerprint density at radius 3 is 1.43 bits per heavy atom. The first-order chi connectivity index (χ1) is 3.41. The zero-order valence-electron chi connectivity index (χ0n) is 4.80. The van der Waals surface area contributed by atoms with Gasteiger partial charge in [0, 0.05) is 0 Å². The Morgan fingerprint density at radius 1 is 1.43 bits per heavy atom. The molecule has 0 unspecified atom stereocenters. The molecule has 0 atom stereocenters. The molecule has 0 heterocycles. The molecule has 0 amide bonds. The number of halogens is 1. The Balaban J connectivity index is -0.0000000360. The predicted octanol–water partition coefficient (Wildman–Crippen LogP) is 2.95. The Hall–Kier alpha value is 1.47. The minimum atomic E-state index is 1.00. The fourth-order valence-corrected chi connectivity index (χ4v) is 0. The van der Waals surface area contributed by atoms with Crippen molar-refractivity contribution in [2.45, 2.75) is 20.3 Å². The molecule has 0 fully saturated rings. The van der Waals surface area contributed by atoms with Gasteiger partial charge in [0.25, 0.3) is 0 Å². The minimum Gasteiger partial charge on any atom is -0.346 e. The Bertz CT molecular complexity index is 8.04. The van der Waals surface area contributed by atoms with Crippen LogP contribution >= 0.6 is 19.0 Å². The van der Waals surface area contributed by atoms with Crippen molar-refractivity contribution in [1.29, 1.82) is 0 Å². The zero-order valence-corrected chi connectivity index (χ0v) is 8.44. The first-order valence-corrected chi connectivity index (χ1v) is 6.44. The molecule has 0 aromatic heterocycles. The van der Waals surface area contributed by atoms with Crippen LogP contribution in [0.1, 0.15) is 20.3 Å². The van der Waals surface area contributed by atoms with Crippen molar-refractivity contribution >= 4 is 19.0 Å². The third kappa shape index (κ3) is 103. The van der Waals surface area contributed by atoms with Crippen molar-refractivity contribution in [3.8, 4) is 0 Å². The summed E-state index contributed by atoms with van der Waals surface area (Å²) in [7, 11) is 0. The normalized spacial score (nSPS) is 4.43. The first kappa shape index (κ1) is 15.8. The third-order valence-electron chi connectivity index (χ3n) is 0. The van der Waals surface area contributed by atoms with E-state index in [2.05, 4.69) is 31.1 Å². The standard InChI is InChI=1S/C3H7.C2H5.Ag.HI/c1-3-2;1-2;;/h1,3H2,2H3;1H2,2H3;;1H/q2*-1;+1;/p-1. The van der Waals surface area contributed by atoms with Crippen LogP contribution in [-0.2, 0) is 17.3 Å². The monoisotopic (exact) mass is 306 g/mol. The number of rotatable bonds is 0. The van der Waals surface area contributed by atoms with Gasteiger partial charge in [0.05, 0.1) is 0 Å². The average Bonchev–Trinajstić information content (AvgIpc) is 1.78. The molecule has 0 spiro atoms. The maximum atomic E-state index is 3.49. The van der Waals surface area contributed by atoms with Crippen LogP contribution in [0.4, 0.5) is 0 Å². The SMILES string of the molecule is [Ag][I].[CH2-]C.[CH2-]CC. The summed E-state index contributed by atoms with van der Waals surface area (Å²) in [4.78, 5) is 0. The van der Waals surface area contributed by atoms with Gasteiger partial charge in [0.1, 0.15) is 0 Å². The van der Waals surface area contributed by atoms with Crippen LogP contribution in [0.2, 0.25) is 0 Å². The molecule has 0 aliphatic rings.